The third-order valence-corrected chi connectivity index (χ3v) is 4.60. The summed E-state index contributed by atoms with van der Waals surface area (Å²) in [6, 6.07) is 0. The topological polar surface area (TPSA) is 46.2 Å². The first-order valence-corrected chi connectivity index (χ1v) is 8.35. The number of hydrogen-bond acceptors (Lipinski definition) is 2. The highest BCUT2D eigenvalue weighted by Gasteiger charge is 2.27. The largest absolute Gasteiger partial charge is 0.215 e. The highest BCUT2D eigenvalue weighted by Crippen LogP contribution is 2.29. The summed E-state index contributed by atoms with van der Waals surface area (Å²) < 4.78 is 26.6. The van der Waals surface area contributed by atoms with Gasteiger partial charge in [-0.1, -0.05) is 29.0 Å². The lowest BCUT2D eigenvalue weighted by Gasteiger charge is -2.04. The van der Waals surface area contributed by atoms with Gasteiger partial charge in [0.15, 0.2) is 0 Å². The summed E-state index contributed by atoms with van der Waals surface area (Å²) in [5, 5.41) is 0. The molecule has 1 N–H and O–H groups in total. The van der Waals surface area contributed by atoms with Gasteiger partial charge in [-0.3, -0.25) is 0 Å². The zero-order valence-electron chi connectivity index (χ0n) is 8.34. The maximum absolute atomic E-state index is 11.4. The molecule has 0 bridgehead atoms. The minimum absolute atomic E-state index is 0.347. The average Bonchev–Trinajstić information content (AvgIpc) is 2.87. The van der Waals surface area contributed by atoms with Gasteiger partial charge < -0.3 is 0 Å². The Morgan fingerprint density at radius 1 is 1.21 bits per heavy atom. The Bertz CT molecular complexity index is 250. The van der Waals surface area contributed by atoms with Crippen LogP contribution in [0.1, 0.15) is 32.1 Å². The number of alkyl halides is 1. The molecule has 0 unspecified atom stereocenters. The van der Waals surface area contributed by atoms with Crippen molar-refractivity contribution in [3.8, 4) is 0 Å². The highest BCUT2D eigenvalue weighted by molar-refractivity contribution is 14.1. The van der Waals surface area contributed by atoms with E-state index in [1.54, 1.807) is 0 Å². The fourth-order valence-corrected chi connectivity index (χ4v) is 3.34. The van der Waals surface area contributed by atoms with Gasteiger partial charge in [0.25, 0.3) is 0 Å². The summed E-state index contributed by atoms with van der Waals surface area (Å²) in [6.07, 6.45) is 5.46. The molecule has 0 spiro atoms. The molecule has 1 saturated carbocycles. The lowest BCUT2D eigenvalue weighted by molar-refractivity contribution is 0.572. The fourth-order valence-electron chi connectivity index (χ4n) is 1.28. The molecule has 0 aromatic heterocycles. The van der Waals surface area contributed by atoms with Crippen molar-refractivity contribution >= 4 is 32.6 Å². The Labute approximate surface area is 100 Å². The van der Waals surface area contributed by atoms with E-state index in [-0.39, 0.29) is 0 Å². The SMILES string of the molecule is O=S(=O)(CC1CC1)NCCCCCI. The van der Waals surface area contributed by atoms with Gasteiger partial charge in [-0.25, -0.2) is 13.1 Å². The van der Waals surface area contributed by atoms with Crippen molar-refractivity contribution in [1.82, 2.24) is 4.72 Å². The molecule has 0 aliphatic heterocycles. The average molecular weight is 331 g/mol. The second kappa shape index (κ2) is 6.27. The molecule has 0 radical (unpaired) electrons. The third kappa shape index (κ3) is 6.19. The Morgan fingerprint density at radius 2 is 1.93 bits per heavy atom. The first kappa shape index (κ1) is 12.7. The molecular weight excluding hydrogens is 313 g/mol. The number of nitrogens with one attached hydrogen (secondary N) is 1. The third-order valence-electron chi connectivity index (χ3n) is 2.28. The first-order chi connectivity index (χ1) is 6.64. The summed E-state index contributed by atoms with van der Waals surface area (Å²) in [5.41, 5.74) is 0. The normalized spacial score (nSPS) is 17.2. The zero-order valence-corrected chi connectivity index (χ0v) is 11.3. The van der Waals surface area contributed by atoms with E-state index in [0.29, 0.717) is 18.2 Å². The van der Waals surface area contributed by atoms with Crippen molar-refractivity contribution in [2.45, 2.75) is 32.1 Å². The van der Waals surface area contributed by atoms with Crippen LogP contribution in [0.25, 0.3) is 0 Å². The Balaban J connectivity index is 2.03. The van der Waals surface area contributed by atoms with Gasteiger partial charge in [0.2, 0.25) is 10.0 Å². The molecule has 1 fully saturated rings. The van der Waals surface area contributed by atoms with Gasteiger partial charge >= 0.3 is 0 Å². The van der Waals surface area contributed by atoms with Gasteiger partial charge in [-0.2, -0.15) is 0 Å². The minimum Gasteiger partial charge on any atom is -0.215 e. The van der Waals surface area contributed by atoms with Crippen LogP contribution in [0.2, 0.25) is 0 Å². The molecule has 0 heterocycles. The first-order valence-electron chi connectivity index (χ1n) is 5.17. The lowest BCUT2D eigenvalue weighted by atomic mass is 10.3. The van der Waals surface area contributed by atoms with Crippen molar-refractivity contribution in [3.05, 3.63) is 0 Å². The lowest BCUT2D eigenvalue weighted by Crippen LogP contribution is -2.28. The second-order valence-corrected chi connectivity index (χ2v) is 6.80. The van der Waals surface area contributed by atoms with Gasteiger partial charge in [-0.15, -0.1) is 0 Å². The smallest absolute Gasteiger partial charge is 0.211 e. The summed E-state index contributed by atoms with van der Waals surface area (Å²) in [4.78, 5) is 0. The van der Waals surface area contributed by atoms with Crippen LogP contribution < -0.4 is 4.72 Å². The summed E-state index contributed by atoms with van der Waals surface area (Å²) in [7, 11) is -2.96. The molecule has 0 saturated heterocycles. The van der Waals surface area contributed by atoms with Crippen LogP contribution in [0, 0.1) is 5.92 Å². The van der Waals surface area contributed by atoms with Crippen molar-refractivity contribution in [2.75, 3.05) is 16.7 Å². The molecule has 0 amide bonds. The Morgan fingerprint density at radius 3 is 2.50 bits per heavy atom. The Hall–Kier alpha value is 0.640. The van der Waals surface area contributed by atoms with Crippen molar-refractivity contribution < 1.29 is 8.42 Å². The molecule has 0 atom stereocenters. The molecule has 84 valence electrons. The van der Waals surface area contributed by atoms with E-state index in [0.717, 1.165) is 30.1 Å². The fraction of sp³-hybridized carbons (Fsp3) is 1.00. The van der Waals surface area contributed by atoms with Crippen LogP contribution in [0.4, 0.5) is 0 Å². The van der Waals surface area contributed by atoms with Crippen molar-refractivity contribution in [2.24, 2.45) is 5.92 Å². The van der Waals surface area contributed by atoms with E-state index < -0.39 is 10.0 Å². The molecule has 1 rings (SSSR count). The van der Waals surface area contributed by atoms with Gasteiger partial charge in [-0.05, 0) is 36.0 Å². The number of sulfonamides is 1. The van der Waals surface area contributed by atoms with Crippen LogP contribution in [0.5, 0.6) is 0 Å². The molecule has 3 nitrogen and oxygen atoms in total. The molecule has 5 heteroatoms. The van der Waals surface area contributed by atoms with Gasteiger partial charge in [0, 0.05) is 6.54 Å². The van der Waals surface area contributed by atoms with E-state index in [4.69, 9.17) is 0 Å². The predicted octanol–water partition coefficient (Wildman–Crippen LogP) is 1.92. The van der Waals surface area contributed by atoms with Gasteiger partial charge in [0.1, 0.15) is 0 Å². The maximum atomic E-state index is 11.4. The van der Waals surface area contributed by atoms with Crippen molar-refractivity contribution in [3.63, 3.8) is 0 Å². The monoisotopic (exact) mass is 331 g/mol. The number of rotatable bonds is 8. The standard InChI is InChI=1S/C9H18INO2S/c10-6-2-1-3-7-11-14(12,13)8-9-4-5-9/h9,11H,1-8H2. The highest BCUT2D eigenvalue weighted by atomic mass is 127. The van der Waals surface area contributed by atoms with Crippen LogP contribution in [0.3, 0.4) is 0 Å². The summed E-state index contributed by atoms with van der Waals surface area (Å²) in [6.45, 7) is 0.617. The Kier molecular flexibility index (Phi) is 5.69. The molecule has 1 aliphatic carbocycles. The second-order valence-electron chi connectivity index (χ2n) is 3.87. The van der Waals surface area contributed by atoms with Crippen LogP contribution in [-0.4, -0.2) is 25.1 Å². The zero-order chi connectivity index (χ0) is 10.4. The summed E-state index contributed by atoms with van der Waals surface area (Å²) in [5.74, 6) is 0.793. The molecular formula is C9H18INO2S. The van der Waals surface area contributed by atoms with E-state index in [9.17, 15) is 8.42 Å². The van der Waals surface area contributed by atoms with E-state index in [2.05, 4.69) is 27.3 Å². The van der Waals surface area contributed by atoms with E-state index in [1.165, 1.54) is 6.42 Å². The van der Waals surface area contributed by atoms with Crippen molar-refractivity contribution in [1.29, 1.82) is 0 Å². The van der Waals surface area contributed by atoms with E-state index in [1.807, 2.05) is 0 Å². The number of halogens is 1. The predicted molar refractivity (Wildman–Crippen MR) is 67.3 cm³/mol. The summed E-state index contributed by atoms with van der Waals surface area (Å²) >= 11 is 2.34. The maximum Gasteiger partial charge on any atom is 0.211 e. The van der Waals surface area contributed by atoms with Gasteiger partial charge in [0.05, 0.1) is 5.75 Å². The van der Waals surface area contributed by atoms with E-state index >= 15 is 0 Å². The molecule has 0 aromatic rings. The quantitative estimate of drug-likeness (QED) is 0.420. The molecule has 1 aliphatic rings. The van der Waals surface area contributed by atoms with Crippen LogP contribution >= 0.6 is 22.6 Å². The minimum atomic E-state index is -2.96. The molecule has 0 aromatic carbocycles. The molecule has 14 heavy (non-hydrogen) atoms. The number of hydrogen-bond donors (Lipinski definition) is 1. The van der Waals surface area contributed by atoms with Crippen LogP contribution in [0.15, 0.2) is 0 Å². The number of unbranched alkanes of at least 4 members (excludes halogenated alkanes) is 2. The van der Waals surface area contributed by atoms with Crippen LogP contribution in [-0.2, 0) is 10.0 Å².